The fraction of sp³-hybridized carbons (Fsp3) is 0.684. The number of nitrogens with zero attached hydrogens (tertiary/aromatic N) is 5. The number of ether oxygens (including phenoxy) is 1. The number of amides is 2. The Bertz CT molecular complexity index is 688. The van der Waals surface area contributed by atoms with E-state index in [0.29, 0.717) is 26.2 Å². The minimum Gasteiger partial charge on any atom is -0.375 e. The molecule has 27 heavy (non-hydrogen) atoms. The fourth-order valence-electron chi connectivity index (χ4n) is 3.86. The summed E-state index contributed by atoms with van der Waals surface area (Å²) in [5, 5.41) is 0. The Labute approximate surface area is 160 Å². The lowest BCUT2D eigenvalue weighted by atomic mass is 9.96. The summed E-state index contributed by atoms with van der Waals surface area (Å²) in [4.78, 5) is 39.6. The summed E-state index contributed by atoms with van der Waals surface area (Å²) in [6, 6.07) is 0. The lowest BCUT2D eigenvalue weighted by Gasteiger charge is -2.39. The van der Waals surface area contributed by atoms with Crippen LogP contribution in [0.2, 0.25) is 0 Å². The van der Waals surface area contributed by atoms with Crippen LogP contribution in [-0.4, -0.2) is 84.6 Å². The highest BCUT2D eigenvalue weighted by atomic mass is 16.5. The highest BCUT2D eigenvalue weighted by Gasteiger charge is 2.32. The van der Waals surface area contributed by atoms with Crippen LogP contribution in [0, 0.1) is 19.8 Å². The van der Waals surface area contributed by atoms with Gasteiger partial charge in [0.05, 0.1) is 5.92 Å². The van der Waals surface area contributed by atoms with Crippen LogP contribution in [0.1, 0.15) is 24.1 Å². The van der Waals surface area contributed by atoms with E-state index in [9.17, 15) is 9.59 Å². The monoisotopic (exact) mass is 375 g/mol. The van der Waals surface area contributed by atoms with Crippen LogP contribution in [0.4, 0.5) is 5.82 Å². The van der Waals surface area contributed by atoms with E-state index in [0.717, 1.165) is 43.0 Å². The van der Waals surface area contributed by atoms with Crippen LogP contribution in [-0.2, 0) is 14.3 Å². The van der Waals surface area contributed by atoms with Gasteiger partial charge >= 0.3 is 0 Å². The minimum atomic E-state index is -0.103. The molecule has 0 unspecified atom stereocenters. The summed E-state index contributed by atoms with van der Waals surface area (Å²) in [5.74, 6) is 0.993. The molecule has 2 amide bonds. The van der Waals surface area contributed by atoms with Crippen molar-refractivity contribution in [3.8, 4) is 0 Å². The van der Waals surface area contributed by atoms with E-state index >= 15 is 0 Å². The van der Waals surface area contributed by atoms with Crippen molar-refractivity contribution in [1.82, 2.24) is 19.8 Å². The van der Waals surface area contributed by atoms with Gasteiger partial charge in [-0.25, -0.2) is 9.97 Å². The zero-order valence-electron chi connectivity index (χ0n) is 16.5. The van der Waals surface area contributed by atoms with Gasteiger partial charge in [0, 0.05) is 57.6 Å². The van der Waals surface area contributed by atoms with Crippen molar-refractivity contribution >= 4 is 17.6 Å². The Kier molecular flexibility index (Phi) is 6.26. The van der Waals surface area contributed by atoms with Crippen LogP contribution in [0.25, 0.3) is 0 Å². The van der Waals surface area contributed by atoms with E-state index in [-0.39, 0.29) is 24.3 Å². The molecule has 0 radical (unpaired) electrons. The van der Waals surface area contributed by atoms with Crippen LogP contribution < -0.4 is 4.90 Å². The van der Waals surface area contributed by atoms with Gasteiger partial charge in [0.25, 0.3) is 0 Å². The van der Waals surface area contributed by atoms with Gasteiger partial charge in [-0.15, -0.1) is 0 Å². The number of hydrogen-bond donors (Lipinski definition) is 0. The first kappa shape index (κ1) is 19.5. The van der Waals surface area contributed by atoms with Gasteiger partial charge in [0.1, 0.15) is 18.8 Å². The third-order valence-corrected chi connectivity index (χ3v) is 5.59. The van der Waals surface area contributed by atoms with E-state index in [1.165, 1.54) is 7.11 Å². The number of methoxy groups -OCH3 is 1. The maximum Gasteiger partial charge on any atom is 0.248 e. The number of piperazine rings is 1. The van der Waals surface area contributed by atoms with Crippen molar-refractivity contribution in [2.24, 2.45) is 5.92 Å². The molecule has 0 N–H and O–H groups in total. The Hall–Kier alpha value is -2.22. The van der Waals surface area contributed by atoms with Crippen molar-refractivity contribution in [2.45, 2.75) is 26.7 Å². The van der Waals surface area contributed by atoms with Crippen molar-refractivity contribution < 1.29 is 14.3 Å². The summed E-state index contributed by atoms with van der Waals surface area (Å²) in [6.45, 7) is 8.22. The van der Waals surface area contributed by atoms with Crippen LogP contribution >= 0.6 is 0 Å². The molecule has 3 heterocycles. The molecule has 2 fully saturated rings. The number of hydrogen-bond acceptors (Lipinski definition) is 6. The van der Waals surface area contributed by atoms with E-state index in [4.69, 9.17) is 4.74 Å². The minimum absolute atomic E-state index is 0.0329. The molecule has 1 aromatic heterocycles. The predicted octanol–water partition coefficient (Wildman–Crippen LogP) is 0.627. The molecule has 2 aliphatic heterocycles. The highest BCUT2D eigenvalue weighted by Crippen LogP contribution is 2.23. The van der Waals surface area contributed by atoms with Crippen molar-refractivity contribution in [3.63, 3.8) is 0 Å². The second-order valence-electron chi connectivity index (χ2n) is 7.33. The number of piperidine rings is 1. The zero-order chi connectivity index (χ0) is 19.4. The predicted molar refractivity (Wildman–Crippen MR) is 101 cm³/mol. The molecule has 1 atom stereocenters. The Morgan fingerprint density at radius 3 is 2.56 bits per heavy atom. The third-order valence-electron chi connectivity index (χ3n) is 5.59. The summed E-state index contributed by atoms with van der Waals surface area (Å²) in [7, 11) is 1.52. The molecule has 0 saturated carbocycles. The molecule has 2 saturated heterocycles. The van der Waals surface area contributed by atoms with Gasteiger partial charge in [-0.3, -0.25) is 9.59 Å². The molecule has 0 aliphatic carbocycles. The van der Waals surface area contributed by atoms with Gasteiger partial charge in [0.15, 0.2) is 0 Å². The van der Waals surface area contributed by atoms with Crippen LogP contribution in [0.5, 0.6) is 0 Å². The van der Waals surface area contributed by atoms with E-state index < -0.39 is 0 Å². The molecule has 1 aromatic rings. The standard InChI is InChI=1S/C19H29N5O3/c1-14-15(2)20-13-21-18(14)22-7-9-23(10-8-22)19(26)16-5-4-6-24(11-16)17(25)12-27-3/h13,16H,4-12H2,1-3H3/t16-/m0/s1. The molecule has 2 aliphatic rings. The zero-order valence-corrected chi connectivity index (χ0v) is 16.5. The lowest BCUT2D eigenvalue weighted by molar-refractivity contribution is -0.142. The average molecular weight is 375 g/mol. The summed E-state index contributed by atoms with van der Waals surface area (Å²) in [6.07, 6.45) is 3.31. The van der Waals surface area contributed by atoms with E-state index in [1.807, 2.05) is 18.7 Å². The van der Waals surface area contributed by atoms with Crippen LogP contribution in [0.15, 0.2) is 6.33 Å². The number of rotatable bonds is 4. The normalized spacial score (nSPS) is 20.7. The van der Waals surface area contributed by atoms with Crippen molar-refractivity contribution in [1.29, 1.82) is 0 Å². The largest absolute Gasteiger partial charge is 0.375 e. The smallest absolute Gasteiger partial charge is 0.248 e. The summed E-state index contributed by atoms with van der Waals surface area (Å²) < 4.78 is 4.94. The highest BCUT2D eigenvalue weighted by molar-refractivity contribution is 5.82. The topological polar surface area (TPSA) is 78.9 Å². The summed E-state index contributed by atoms with van der Waals surface area (Å²) in [5.41, 5.74) is 2.08. The maximum atomic E-state index is 13.0. The first-order chi connectivity index (χ1) is 13.0. The average Bonchev–Trinajstić information content (AvgIpc) is 2.70. The number of carbonyl (C=O) groups is 2. The Morgan fingerprint density at radius 1 is 1.11 bits per heavy atom. The SMILES string of the molecule is COCC(=O)N1CCC[C@H](C(=O)N2CCN(c3ncnc(C)c3C)CC2)C1. The number of aromatic nitrogens is 2. The second-order valence-corrected chi connectivity index (χ2v) is 7.33. The Morgan fingerprint density at radius 2 is 1.85 bits per heavy atom. The molecule has 8 heteroatoms. The second kappa shape index (κ2) is 8.65. The Balaban J connectivity index is 1.56. The lowest BCUT2D eigenvalue weighted by Crippen LogP contribution is -2.53. The molecule has 148 valence electrons. The molecule has 8 nitrogen and oxygen atoms in total. The number of aryl methyl sites for hydroxylation is 1. The van der Waals surface area contributed by atoms with Gasteiger partial charge in [-0.1, -0.05) is 0 Å². The molecular weight excluding hydrogens is 346 g/mol. The quantitative estimate of drug-likeness (QED) is 0.768. The third kappa shape index (κ3) is 4.37. The van der Waals surface area contributed by atoms with Gasteiger partial charge in [-0.2, -0.15) is 0 Å². The number of carbonyl (C=O) groups excluding carboxylic acids is 2. The van der Waals surface area contributed by atoms with Crippen molar-refractivity contribution in [3.05, 3.63) is 17.6 Å². The van der Waals surface area contributed by atoms with Crippen molar-refractivity contribution in [2.75, 3.05) is 57.9 Å². The molecule has 0 aromatic carbocycles. The first-order valence-electron chi connectivity index (χ1n) is 9.60. The van der Waals surface area contributed by atoms with Crippen LogP contribution in [0.3, 0.4) is 0 Å². The molecule has 0 bridgehead atoms. The molecule has 3 rings (SSSR count). The first-order valence-corrected chi connectivity index (χ1v) is 9.60. The van der Waals surface area contributed by atoms with E-state index in [2.05, 4.69) is 14.9 Å². The van der Waals surface area contributed by atoms with Gasteiger partial charge in [-0.05, 0) is 26.7 Å². The number of anilines is 1. The molecular formula is C19H29N5O3. The summed E-state index contributed by atoms with van der Waals surface area (Å²) >= 11 is 0. The maximum absolute atomic E-state index is 13.0. The van der Waals surface area contributed by atoms with Gasteiger partial charge < -0.3 is 19.4 Å². The van der Waals surface area contributed by atoms with E-state index in [1.54, 1.807) is 11.2 Å². The number of likely N-dealkylation sites (tertiary alicyclic amines) is 1. The molecule has 0 spiro atoms. The fourth-order valence-corrected chi connectivity index (χ4v) is 3.86. The van der Waals surface area contributed by atoms with Gasteiger partial charge in [0.2, 0.25) is 11.8 Å².